The van der Waals surface area contributed by atoms with Crippen molar-refractivity contribution in [2.24, 2.45) is 5.41 Å². The largest absolute Gasteiger partial charge is 0.464 e. The summed E-state index contributed by atoms with van der Waals surface area (Å²) in [6.45, 7) is 9.11. The Morgan fingerprint density at radius 1 is 1.00 bits per heavy atom. The number of hydrogen-bond donors (Lipinski definition) is 1. The Morgan fingerprint density at radius 3 is 2.18 bits per heavy atom. The third-order valence-electron chi connectivity index (χ3n) is 9.84. The summed E-state index contributed by atoms with van der Waals surface area (Å²) in [6, 6.07) is 6.24. The summed E-state index contributed by atoms with van der Waals surface area (Å²) in [5, 5.41) is 2.86. The van der Waals surface area contributed by atoms with E-state index in [0.29, 0.717) is 44.5 Å². The van der Waals surface area contributed by atoms with Crippen LogP contribution in [0.3, 0.4) is 0 Å². The van der Waals surface area contributed by atoms with E-state index in [1.165, 1.54) is 27.0 Å². The predicted molar refractivity (Wildman–Crippen MR) is 179 cm³/mol. The van der Waals surface area contributed by atoms with E-state index in [0.717, 1.165) is 37.9 Å². The normalized spacial score (nSPS) is 17.8. The Labute approximate surface area is 288 Å². The number of pyridine rings is 1. The van der Waals surface area contributed by atoms with Gasteiger partial charge < -0.3 is 28.8 Å². The molecule has 13 heteroatoms. The summed E-state index contributed by atoms with van der Waals surface area (Å²) in [7, 11) is 0. The van der Waals surface area contributed by atoms with Crippen LogP contribution in [0.5, 0.6) is 0 Å². The van der Waals surface area contributed by atoms with Gasteiger partial charge in [-0.3, -0.25) is 28.9 Å². The Bertz CT molecular complexity index is 1410. The number of hydrogen-bond acceptors (Lipinski definition) is 11. The minimum Gasteiger partial charge on any atom is -0.464 e. The van der Waals surface area contributed by atoms with E-state index < -0.39 is 40.9 Å². The Kier molecular flexibility index (Phi) is 13.0. The van der Waals surface area contributed by atoms with Gasteiger partial charge in [0.2, 0.25) is 0 Å². The third-order valence-corrected chi connectivity index (χ3v) is 9.84. The lowest BCUT2D eigenvalue weighted by Gasteiger charge is -2.50. The first kappa shape index (κ1) is 37.6. The van der Waals surface area contributed by atoms with Gasteiger partial charge in [-0.05, 0) is 76.3 Å². The monoisotopic (exact) mass is 682 g/mol. The van der Waals surface area contributed by atoms with Crippen molar-refractivity contribution in [1.29, 1.82) is 0 Å². The SMILES string of the molecule is CC(=O)OCC(COC(C)=O)NC(=O)C(C)(OC(C)=O)C1(CCN2CCC(N(C(=O)c3ccco3)c3ccc(C)cn3)CC2)CCCCC1. The highest BCUT2D eigenvalue weighted by atomic mass is 16.6. The van der Waals surface area contributed by atoms with E-state index in [4.69, 9.17) is 18.6 Å². The zero-order valence-corrected chi connectivity index (χ0v) is 29.3. The Morgan fingerprint density at radius 2 is 1.65 bits per heavy atom. The number of piperidine rings is 1. The molecule has 0 radical (unpaired) electrons. The fourth-order valence-electron chi connectivity index (χ4n) is 7.12. The molecule has 1 aliphatic heterocycles. The average molecular weight is 683 g/mol. The van der Waals surface area contributed by atoms with Crippen molar-refractivity contribution in [1.82, 2.24) is 15.2 Å². The van der Waals surface area contributed by atoms with Crippen molar-refractivity contribution in [3.63, 3.8) is 0 Å². The fourth-order valence-corrected chi connectivity index (χ4v) is 7.12. The first-order valence-corrected chi connectivity index (χ1v) is 17.1. The number of ether oxygens (including phenoxy) is 3. The number of aromatic nitrogens is 1. The third kappa shape index (κ3) is 9.68. The standard InChI is InChI=1S/C36H50N4O9/c1-25-11-12-32(37-22-25)40(33(44)31-10-9-21-46-31)30-13-18-39(19-14-30)20-17-36(15-7-6-8-16-36)35(5,49-28(4)43)34(45)38-29(23-47-26(2)41)24-48-27(3)42/h9-12,21-22,29-30H,6-8,13-20,23-24H2,1-5H3,(H,38,45). The predicted octanol–water partition coefficient (Wildman–Crippen LogP) is 4.37. The molecule has 1 unspecified atom stereocenters. The number of carbonyl (C=O) groups excluding carboxylic acids is 5. The topological polar surface area (TPSA) is 158 Å². The molecule has 2 fully saturated rings. The second-order valence-electron chi connectivity index (χ2n) is 13.4. The van der Waals surface area contributed by atoms with Crippen LogP contribution in [0.2, 0.25) is 0 Å². The van der Waals surface area contributed by atoms with Crippen molar-refractivity contribution < 1.29 is 42.6 Å². The van der Waals surface area contributed by atoms with E-state index in [2.05, 4.69) is 15.2 Å². The number of rotatable bonds is 14. The van der Waals surface area contributed by atoms with Crippen LogP contribution in [0.15, 0.2) is 41.1 Å². The van der Waals surface area contributed by atoms with Crippen LogP contribution in [0.1, 0.15) is 95.2 Å². The van der Waals surface area contributed by atoms with E-state index in [1.54, 1.807) is 30.2 Å². The van der Waals surface area contributed by atoms with Gasteiger partial charge in [0.1, 0.15) is 19.0 Å². The quantitative estimate of drug-likeness (QED) is 0.223. The summed E-state index contributed by atoms with van der Waals surface area (Å²) in [4.78, 5) is 72.0. The van der Waals surface area contributed by atoms with Crippen molar-refractivity contribution in [3.8, 4) is 0 Å². The maximum Gasteiger partial charge on any atom is 0.303 e. The van der Waals surface area contributed by atoms with Crippen molar-refractivity contribution in [3.05, 3.63) is 48.0 Å². The fraction of sp³-hybridized carbons (Fsp3) is 0.611. The van der Waals surface area contributed by atoms with Gasteiger partial charge in [0.15, 0.2) is 11.4 Å². The summed E-state index contributed by atoms with van der Waals surface area (Å²) in [5.41, 5.74) is -1.20. The Balaban J connectivity index is 1.50. The smallest absolute Gasteiger partial charge is 0.303 e. The summed E-state index contributed by atoms with van der Waals surface area (Å²) in [6.07, 6.45) is 9.40. The van der Waals surface area contributed by atoms with Crippen LogP contribution in [-0.2, 0) is 33.4 Å². The zero-order chi connectivity index (χ0) is 35.6. The molecule has 2 aliphatic rings. The molecule has 4 rings (SSSR count). The lowest BCUT2D eigenvalue weighted by Crippen LogP contribution is -2.62. The molecule has 1 atom stereocenters. The molecule has 2 amide bonds. The highest BCUT2D eigenvalue weighted by Crippen LogP contribution is 2.50. The lowest BCUT2D eigenvalue weighted by atomic mass is 9.61. The lowest BCUT2D eigenvalue weighted by molar-refractivity contribution is -0.187. The molecule has 0 aromatic carbocycles. The van der Waals surface area contributed by atoms with Crippen LogP contribution in [0, 0.1) is 12.3 Å². The molecule has 13 nitrogen and oxygen atoms in total. The van der Waals surface area contributed by atoms with E-state index in [1.807, 2.05) is 19.1 Å². The van der Waals surface area contributed by atoms with Gasteiger partial charge in [0.05, 0.1) is 12.3 Å². The summed E-state index contributed by atoms with van der Waals surface area (Å²) >= 11 is 0. The number of nitrogens with zero attached hydrogens (tertiary/aromatic N) is 3. The average Bonchev–Trinajstić information content (AvgIpc) is 3.62. The molecule has 0 spiro atoms. The van der Waals surface area contributed by atoms with Gasteiger partial charge in [0.25, 0.3) is 11.8 Å². The molecule has 0 bridgehead atoms. The summed E-state index contributed by atoms with van der Waals surface area (Å²) in [5.74, 6) is -1.58. The minimum absolute atomic E-state index is 0.0869. The minimum atomic E-state index is -1.54. The number of carbonyl (C=O) groups is 5. The van der Waals surface area contributed by atoms with Crippen molar-refractivity contribution in [2.45, 2.75) is 104 Å². The van der Waals surface area contributed by atoms with Crippen LogP contribution in [-0.4, -0.2) is 90.1 Å². The number of anilines is 1. The summed E-state index contributed by atoms with van der Waals surface area (Å²) < 4.78 is 21.7. The van der Waals surface area contributed by atoms with Crippen LogP contribution in [0.25, 0.3) is 0 Å². The van der Waals surface area contributed by atoms with Gasteiger partial charge >= 0.3 is 17.9 Å². The highest BCUT2D eigenvalue weighted by Gasteiger charge is 2.56. The number of esters is 3. The van der Waals surface area contributed by atoms with Gasteiger partial charge in [0, 0.05) is 51.5 Å². The van der Waals surface area contributed by atoms with Crippen LogP contribution >= 0.6 is 0 Å². The highest BCUT2D eigenvalue weighted by molar-refractivity contribution is 6.04. The molecular formula is C36H50N4O9. The molecule has 1 saturated heterocycles. The number of likely N-dealkylation sites (tertiary alicyclic amines) is 1. The van der Waals surface area contributed by atoms with Gasteiger partial charge in [-0.1, -0.05) is 25.3 Å². The zero-order valence-electron chi connectivity index (χ0n) is 29.3. The second kappa shape index (κ2) is 16.9. The number of nitrogens with one attached hydrogen (secondary N) is 1. The molecule has 1 N–H and O–H groups in total. The first-order valence-electron chi connectivity index (χ1n) is 17.1. The number of amides is 2. The van der Waals surface area contributed by atoms with E-state index >= 15 is 0 Å². The molecular weight excluding hydrogens is 632 g/mol. The van der Waals surface area contributed by atoms with Gasteiger partial charge in [-0.15, -0.1) is 0 Å². The maximum absolute atomic E-state index is 14.2. The molecule has 1 aliphatic carbocycles. The molecule has 268 valence electrons. The van der Waals surface area contributed by atoms with Gasteiger partial charge in [-0.2, -0.15) is 0 Å². The maximum atomic E-state index is 14.2. The van der Waals surface area contributed by atoms with Crippen LogP contribution < -0.4 is 10.2 Å². The van der Waals surface area contributed by atoms with E-state index in [-0.39, 0.29) is 30.9 Å². The van der Waals surface area contributed by atoms with Crippen LogP contribution in [0.4, 0.5) is 5.82 Å². The van der Waals surface area contributed by atoms with Crippen molar-refractivity contribution >= 4 is 35.5 Å². The molecule has 2 aromatic rings. The van der Waals surface area contributed by atoms with Gasteiger partial charge in [-0.25, -0.2) is 4.98 Å². The number of aryl methyl sites for hydroxylation is 1. The van der Waals surface area contributed by atoms with Crippen molar-refractivity contribution in [2.75, 3.05) is 37.7 Å². The number of furan rings is 1. The molecule has 2 aromatic heterocycles. The first-order chi connectivity index (χ1) is 23.3. The molecule has 1 saturated carbocycles. The second-order valence-corrected chi connectivity index (χ2v) is 13.4. The van der Waals surface area contributed by atoms with E-state index in [9.17, 15) is 24.0 Å². The molecule has 3 heterocycles. The molecule has 49 heavy (non-hydrogen) atoms. The Hall–Kier alpha value is -4.26.